The summed E-state index contributed by atoms with van der Waals surface area (Å²) in [5.41, 5.74) is 3.16. The Morgan fingerprint density at radius 2 is 1.82 bits per heavy atom. The number of rotatable bonds is 3. The number of benzene rings is 4. The number of carbonyl (C=O) groups excluding carboxylic acids is 1. The fourth-order valence-electron chi connectivity index (χ4n) is 3.54. The Hall–Kier alpha value is -3.26. The molecule has 1 heterocycles. The first kappa shape index (κ1) is 21.6. The van der Waals surface area contributed by atoms with Crippen molar-refractivity contribution in [3.05, 3.63) is 93.9 Å². The van der Waals surface area contributed by atoms with E-state index in [1.165, 1.54) is 0 Å². The van der Waals surface area contributed by atoms with Gasteiger partial charge in [-0.25, -0.2) is 4.98 Å². The Morgan fingerprint density at radius 1 is 1.00 bits per heavy atom. The molecule has 0 aliphatic heterocycles. The SMILES string of the molecule is O=C(NC(=S)Nc1ccc2oc(-c3cc(Br)ccc3Cl)nc2c1)c1cccc2ccccc12. The predicted molar refractivity (Wildman–Crippen MR) is 140 cm³/mol. The first-order valence-electron chi connectivity index (χ1n) is 9.94. The van der Waals surface area contributed by atoms with Gasteiger partial charge < -0.3 is 9.73 Å². The summed E-state index contributed by atoms with van der Waals surface area (Å²) in [6.07, 6.45) is 0. The van der Waals surface area contributed by atoms with E-state index in [-0.39, 0.29) is 11.0 Å². The molecule has 0 aliphatic rings. The number of nitrogens with one attached hydrogen (secondary N) is 2. The Bertz CT molecular complexity index is 1540. The molecule has 5 nitrogen and oxygen atoms in total. The first-order chi connectivity index (χ1) is 16.0. The number of anilines is 1. The van der Waals surface area contributed by atoms with Crippen LogP contribution in [0.5, 0.6) is 0 Å². The van der Waals surface area contributed by atoms with Gasteiger partial charge in [0.2, 0.25) is 5.89 Å². The van der Waals surface area contributed by atoms with Gasteiger partial charge in [-0.3, -0.25) is 10.1 Å². The zero-order valence-corrected chi connectivity index (χ0v) is 20.1. The van der Waals surface area contributed by atoms with Crippen LogP contribution in [0.15, 0.2) is 87.8 Å². The first-order valence-corrected chi connectivity index (χ1v) is 11.5. The maximum Gasteiger partial charge on any atom is 0.258 e. The lowest BCUT2D eigenvalue weighted by Crippen LogP contribution is -2.34. The number of amides is 1. The van der Waals surface area contributed by atoms with Gasteiger partial charge in [0.05, 0.1) is 10.6 Å². The highest BCUT2D eigenvalue weighted by atomic mass is 79.9. The van der Waals surface area contributed by atoms with Crippen molar-refractivity contribution in [1.82, 2.24) is 10.3 Å². The molecule has 0 fully saturated rings. The Morgan fingerprint density at radius 3 is 2.70 bits per heavy atom. The average Bonchev–Trinajstić information content (AvgIpc) is 3.23. The highest BCUT2D eigenvalue weighted by Gasteiger charge is 2.14. The lowest BCUT2D eigenvalue weighted by Gasteiger charge is -2.11. The van der Waals surface area contributed by atoms with Crippen molar-refractivity contribution in [1.29, 1.82) is 0 Å². The molecule has 0 aliphatic carbocycles. The smallest absolute Gasteiger partial charge is 0.258 e. The topological polar surface area (TPSA) is 67.2 Å². The van der Waals surface area contributed by atoms with Crippen LogP contribution in [-0.4, -0.2) is 16.0 Å². The molecule has 0 spiro atoms. The van der Waals surface area contributed by atoms with Crippen LogP contribution in [0.1, 0.15) is 10.4 Å². The molecule has 0 unspecified atom stereocenters. The second-order valence-corrected chi connectivity index (χ2v) is 8.99. The summed E-state index contributed by atoms with van der Waals surface area (Å²) in [6, 6.07) is 24.2. The van der Waals surface area contributed by atoms with Crippen molar-refractivity contribution in [2.75, 3.05) is 5.32 Å². The summed E-state index contributed by atoms with van der Waals surface area (Å²) in [5.74, 6) is 0.138. The van der Waals surface area contributed by atoms with Crippen LogP contribution in [0.3, 0.4) is 0 Å². The normalized spacial score (nSPS) is 11.0. The number of carbonyl (C=O) groups is 1. The minimum absolute atomic E-state index is 0.186. The number of aromatic nitrogens is 1. The zero-order valence-electron chi connectivity index (χ0n) is 16.9. The number of hydrogen-bond donors (Lipinski definition) is 2. The van der Waals surface area contributed by atoms with Gasteiger partial charge in [0.1, 0.15) is 5.52 Å². The highest BCUT2D eigenvalue weighted by Crippen LogP contribution is 2.33. The standard InChI is InChI=1S/C25H15BrClN3O2S/c26-15-8-10-20(27)19(12-15)24-29-21-13-16(9-11-22(21)32-24)28-25(33)30-23(31)18-7-3-5-14-4-1-2-6-17(14)18/h1-13H,(H2,28,30,31,33). The van der Waals surface area contributed by atoms with Crippen molar-refractivity contribution >= 4 is 78.3 Å². The summed E-state index contributed by atoms with van der Waals surface area (Å²) in [4.78, 5) is 17.4. The molecule has 0 radical (unpaired) electrons. The zero-order chi connectivity index (χ0) is 22.9. The molecular formula is C25H15BrClN3O2S. The Balaban J connectivity index is 1.35. The highest BCUT2D eigenvalue weighted by molar-refractivity contribution is 9.10. The van der Waals surface area contributed by atoms with Gasteiger partial charge in [-0.2, -0.15) is 0 Å². The summed E-state index contributed by atoms with van der Waals surface area (Å²) in [6.45, 7) is 0. The predicted octanol–water partition coefficient (Wildman–Crippen LogP) is 7.19. The third kappa shape index (κ3) is 4.48. The maximum atomic E-state index is 12.8. The fourth-order valence-corrected chi connectivity index (χ4v) is 4.31. The van der Waals surface area contributed by atoms with Crippen molar-refractivity contribution < 1.29 is 9.21 Å². The van der Waals surface area contributed by atoms with Crippen LogP contribution in [0.2, 0.25) is 5.02 Å². The molecule has 1 amide bonds. The maximum absolute atomic E-state index is 12.8. The van der Waals surface area contributed by atoms with Crippen LogP contribution in [-0.2, 0) is 0 Å². The third-order valence-electron chi connectivity index (χ3n) is 5.07. The van der Waals surface area contributed by atoms with Crippen molar-refractivity contribution in [3.8, 4) is 11.5 Å². The molecule has 5 rings (SSSR count). The minimum atomic E-state index is -0.279. The Kier molecular flexibility index (Phi) is 5.85. The van der Waals surface area contributed by atoms with Crippen molar-refractivity contribution in [2.45, 2.75) is 0 Å². The number of halogens is 2. The molecule has 0 bridgehead atoms. The molecule has 8 heteroatoms. The molecule has 0 atom stereocenters. The van der Waals surface area contributed by atoms with E-state index in [0.717, 1.165) is 15.2 Å². The van der Waals surface area contributed by atoms with E-state index < -0.39 is 0 Å². The molecule has 4 aromatic carbocycles. The Labute approximate surface area is 207 Å². The molecule has 1 aromatic heterocycles. The molecule has 5 aromatic rings. The molecule has 0 saturated carbocycles. The monoisotopic (exact) mass is 535 g/mol. The van der Waals surface area contributed by atoms with Gasteiger partial charge in [0.15, 0.2) is 10.7 Å². The number of thiocarbonyl (C=S) groups is 1. The van der Waals surface area contributed by atoms with Crippen LogP contribution in [0.4, 0.5) is 5.69 Å². The van der Waals surface area contributed by atoms with Gasteiger partial charge in [0.25, 0.3) is 5.91 Å². The summed E-state index contributed by atoms with van der Waals surface area (Å²) in [7, 11) is 0. The van der Waals surface area contributed by atoms with E-state index in [1.54, 1.807) is 30.3 Å². The lowest BCUT2D eigenvalue weighted by atomic mass is 10.0. The third-order valence-corrected chi connectivity index (χ3v) is 6.09. The lowest BCUT2D eigenvalue weighted by molar-refractivity contribution is 0.0979. The molecule has 33 heavy (non-hydrogen) atoms. The quantitative estimate of drug-likeness (QED) is 0.239. The summed E-state index contributed by atoms with van der Waals surface area (Å²) >= 11 is 15.1. The molecule has 0 saturated heterocycles. The van der Waals surface area contributed by atoms with E-state index >= 15 is 0 Å². The van der Waals surface area contributed by atoms with Gasteiger partial charge in [-0.15, -0.1) is 0 Å². The summed E-state index contributed by atoms with van der Waals surface area (Å²) < 4.78 is 6.74. The van der Waals surface area contributed by atoms with Crippen LogP contribution < -0.4 is 10.6 Å². The fraction of sp³-hybridized carbons (Fsp3) is 0. The van der Waals surface area contributed by atoms with Crippen LogP contribution in [0, 0.1) is 0 Å². The van der Waals surface area contributed by atoms with Gasteiger partial charge >= 0.3 is 0 Å². The van der Waals surface area contributed by atoms with E-state index in [2.05, 4.69) is 31.5 Å². The largest absolute Gasteiger partial charge is 0.436 e. The average molecular weight is 537 g/mol. The van der Waals surface area contributed by atoms with E-state index in [9.17, 15) is 4.79 Å². The molecule has 162 valence electrons. The van der Waals surface area contributed by atoms with E-state index in [0.29, 0.717) is 38.8 Å². The van der Waals surface area contributed by atoms with Crippen LogP contribution >= 0.6 is 39.7 Å². The van der Waals surface area contributed by atoms with Gasteiger partial charge in [-0.05, 0) is 65.5 Å². The number of oxazole rings is 1. The van der Waals surface area contributed by atoms with E-state index in [1.807, 2.05) is 48.5 Å². The molecular weight excluding hydrogens is 522 g/mol. The number of fused-ring (bicyclic) bond motifs is 2. The van der Waals surface area contributed by atoms with E-state index in [4.69, 9.17) is 28.2 Å². The van der Waals surface area contributed by atoms with Gasteiger partial charge in [-0.1, -0.05) is 63.9 Å². The number of hydrogen-bond acceptors (Lipinski definition) is 4. The second kappa shape index (κ2) is 8.94. The van der Waals surface area contributed by atoms with Crippen LogP contribution in [0.25, 0.3) is 33.3 Å². The number of nitrogens with zero attached hydrogens (tertiary/aromatic N) is 1. The molecule has 2 N–H and O–H groups in total. The minimum Gasteiger partial charge on any atom is -0.436 e. The van der Waals surface area contributed by atoms with Crippen molar-refractivity contribution in [2.24, 2.45) is 0 Å². The van der Waals surface area contributed by atoms with Gasteiger partial charge in [0, 0.05) is 15.7 Å². The second-order valence-electron chi connectivity index (χ2n) is 7.26. The van der Waals surface area contributed by atoms with Crippen molar-refractivity contribution in [3.63, 3.8) is 0 Å². The summed E-state index contributed by atoms with van der Waals surface area (Å²) in [5, 5.41) is 8.36.